The number of imide groups is 2. The molecule has 4 heterocycles. The van der Waals surface area contributed by atoms with Crippen LogP contribution in [0, 0.1) is 0 Å². The molecule has 0 radical (unpaired) electrons. The van der Waals surface area contributed by atoms with Crippen LogP contribution in [-0.4, -0.2) is 45.4 Å². The molecule has 0 unspecified atom stereocenters. The number of carbonyl (C=O) groups is 6. The normalized spacial score (nSPS) is 13.7. The minimum atomic E-state index is -0.624. The van der Waals surface area contributed by atoms with Crippen LogP contribution in [0.1, 0.15) is 62.1 Å². The molecule has 2 N–H and O–H groups in total. The van der Waals surface area contributed by atoms with E-state index in [-0.39, 0.29) is 44.8 Å². The van der Waals surface area contributed by atoms with Crippen molar-refractivity contribution >= 4 is 90.5 Å². The van der Waals surface area contributed by atoms with Gasteiger partial charge in [0.05, 0.1) is 33.6 Å². The lowest BCUT2D eigenvalue weighted by Gasteiger charge is -2.20. The molecule has 0 fully saturated rings. The molecule has 2 aromatic heterocycles. The van der Waals surface area contributed by atoms with Crippen molar-refractivity contribution in [3.8, 4) is 0 Å². The van der Waals surface area contributed by atoms with E-state index in [9.17, 15) is 28.8 Å². The second kappa shape index (κ2) is 11.2. The van der Waals surface area contributed by atoms with Gasteiger partial charge >= 0.3 is 0 Å². The highest BCUT2D eigenvalue weighted by atomic mass is 32.1. The van der Waals surface area contributed by atoms with Crippen LogP contribution in [0.3, 0.4) is 0 Å². The van der Waals surface area contributed by atoms with Gasteiger partial charge in [-0.1, -0.05) is 24.3 Å². The van der Waals surface area contributed by atoms with Crippen molar-refractivity contribution in [1.82, 2.24) is 9.97 Å². The summed E-state index contributed by atoms with van der Waals surface area (Å²) in [6.07, 6.45) is 3.10. The summed E-state index contributed by atoms with van der Waals surface area (Å²) >= 11 is 2.49. The van der Waals surface area contributed by atoms with Crippen LogP contribution >= 0.6 is 22.7 Å². The first-order valence-corrected chi connectivity index (χ1v) is 16.0. The molecule has 0 spiro atoms. The van der Waals surface area contributed by atoms with Gasteiger partial charge in [-0.05, 0) is 48.5 Å². The lowest BCUT2D eigenvalue weighted by Crippen LogP contribution is -2.30. The summed E-state index contributed by atoms with van der Waals surface area (Å²) in [6, 6.07) is 18.4. The summed E-state index contributed by atoms with van der Waals surface area (Å²) in [5.74, 6) is -3.36. The van der Waals surface area contributed by atoms with Gasteiger partial charge in [0.1, 0.15) is 0 Å². The van der Waals surface area contributed by atoms with Crippen molar-refractivity contribution in [1.29, 1.82) is 0 Å². The Morgan fingerprint density at radius 2 is 0.958 bits per heavy atom. The van der Waals surface area contributed by atoms with Gasteiger partial charge < -0.3 is 0 Å². The first-order chi connectivity index (χ1) is 23.3. The van der Waals surface area contributed by atoms with Crippen LogP contribution in [-0.2, 0) is 0 Å². The van der Waals surface area contributed by atoms with Crippen LogP contribution in [0.25, 0.3) is 10.8 Å². The van der Waals surface area contributed by atoms with Crippen molar-refractivity contribution < 1.29 is 28.8 Å². The molecule has 0 saturated carbocycles. The van der Waals surface area contributed by atoms with Crippen LogP contribution in [0.5, 0.6) is 0 Å². The average molecular weight is 671 g/mol. The Morgan fingerprint density at radius 1 is 0.542 bits per heavy atom. The smallest absolute Gasteiger partial charge is 0.266 e. The first-order valence-electron chi connectivity index (χ1n) is 14.3. The van der Waals surface area contributed by atoms with Gasteiger partial charge in [-0.15, -0.1) is 22.7 Å². The molecule has 14 heteroatoms. The highest BCUT2D eigenvalue weighted by Crippen LogP contribution is 2.39. The Hall–Kier alpha value is -6.38. The average Bonchev–Trinajstić information content (AvgIpc) is 3.90. The molecule has 0 atom stereocenters. The number of amides is 6. The van der Waals surface area contributed by atoms with Gasteiger partial charge in [0.25, 0.3) is 35.4 Å². The van der Waals surface area contributed by atoms with Gasteiger partial charge in [0.2, 0.25) is 0 Å². The summed E-state index contributed by atoms with van der Waals surface area (Å²) in [5, 5.41) is 10.4. The maximum Gasteiger partial charge on any atom is 0.266 e. The minimum Gasteiger partial charge on any atom is -0.298 e. The number of hydrogen-bond acceptors (Lipinski definition) is 10. The SMILES string of the molecule is O=C(Nc1nccs1)c1ccc2c(c1)C(=O)N(c1cccc3c(N4C(=O)c5ccc(C(=O)Nc6nccs6)cc5C4=O)cccc13)C2=O. The molecule has 2 aliphatic rings. The molecule has 6 aromatic rings. The second-order valence-corrected chi connectivity index (χ2v) is 12.4. The fourth-order valence-corrected chi connectivity index (χ4v) is 6.83. The van der Waals surface area contributed by atoms with Gasteiger partial charge in [0.15, 0.2) is 10.3 Å². The number of anilines is 4. The van der Waals surface area contributed by atoms with Crippen molar-refractivity contribution in [2.45, 2.75) is 0 Å². The van der Waals surface area contributed by atoms with E-state index in [1.165, 1.54) is 59.1 Å². The Labute approximate surface area is 278 Å². The Balaban J connectivity index is 1.12. The molecule has 0 bridgehead atoms. The lowest BCUT2D eigenvalue weighted by atomic mass is 10.0. The predicted octanol–water partition coefficient (Wildman–Crippen LogP) is 5.86. The predicted molar refractivity (Wildman–Crippen MR) is 179 cm³/mol. The standard InChI is InChI=1S/C34H18N6O6S2/c41-27(37-33-35-11-13-47-33)17-7-9-21-23(15-17)31(45)39(29(21)43)25-5-1-3-19-20(25)4-2-6-26(19)40-30(44)22-10-8-18(16-24(22)32(40)46)28(42)38-34-36-12-14-48-34/h1-16H,(H,35,37,41)(H,36,38,42). The van der Waals surface area contributed by atoms with Crippen molar-refractivity contribution in [3.63, 3.8) is 0 Å². The third-order valence-corrected chi connectivity index (χ3v) is 9.34. The first kappa shape index (κ1) is 29.1. The zero-order valence-corrected chi connectivity index (χ0v) is 25.9. The number of thiazole rings is 2. The van der Waals surface area contributed by atoms with Gasteiger partial charge in [-0.2, -0.15) is 0 Å². The van der Waals surface area contributed by atoms with E-state index in [0.29, 0.717) is 21.0 Å². The molecule has 232 valence electrons. The number of benzene rings is 4. The largest absolute Gasteiger partial charge is 0.298 e. The molecule has 48 heavy (non-hydrogen) atoms. The zero-order valence-electron chi connectivity index (χ0n) is 24.3. The quantitative estimate of drug-likeness (QED) is 0.209. The monoisotopic (exact) mass is 670 g/mol. The van der Waals surface area contributed by atoms with Crippen LogP contribution in [0.4, 0.5) is 21.6 Å². The Kier molecular flexibility index (Phi) is 6.75. The minimum absolute atomic E-state index is 0.0648. The van der Waals surface area contributed by atoms with Crippen LogP contribution in [0.15, 0.2) is 96.0 Å². The summed E-state index contributed by atoms with van der Waals surface area (Å²) in [6.45, 7) is 0. The highest BCUT2D eigenvalue weighted by Gasteiger charge is 2.40. The van der Waals surface area contributed by atoms with Crippen LogP contribution < -0.4 is 20.4 Å². The fourth-order valence-electron chi connectivity index (χ4n) is 5.78. The van der Waals surface area contributed by atoms with Gasteiger partial charge in [-0.25, -0.2) is 19.8 Å². The number of rotatable bonds is 6. The number of fused-ring (bicyclic) bond motifs is 3. The Bertz CT molecular complexity index is 2220. The maximum absolute atomic E-state index is 13.7. The number of nitrogens with zero attached hydrogens (tertiary/aromatic N) is 4. The fraction of sp³-hybridized carbons (Fsp3) is 0. The molecule has 2 aliphatic heterocycles. The van der Waals surface area contributed by atoms with Gasteiger partial charge in [0, 0.05) is 45.1 Å². The summed E-state index contributed by atoms with van der Waals surface area (Å²) in [5.41, 5.74) is 1.25. The molecule has 0 aliphatic carbocycles. The van der Waals surface area contributed by atoms with E-state index in [1.807, 2.05) is 0 Å². The van der Waals surface area contributed by atoms with E-state index in [0.717, 1.165) is 9.80 Å². The third-order valence-electron chi connectivity index (χ3n) is 7.96. The van der Waals surface area contributed by atoms with Crippen molar-refractivity contribution in [2.75, 3.05) is 20.4 Å². The third kappa shape index (κ3) is 4.58. The van der Waals surface area contributed by atoms with Gasteiger partial charge in [-0.3, -0.25) is 39.4 Å². The van der Waals surface area contributed by atoms with E-state index >= 15 is 0 Å². The molecule has 4 aromatic carbocycles. The summed E-state index contributed by atoms with van der Waals surface area (Å²) in [4.78, 5) is 90.4. The van der Waals surface area contributed by atoms with Crippen molar-refractivity contribution in [2.24, 2.45) is 0 Å². The molecule has 8 rings (SSSR count). The number of hydrogen-bond donors (Lipinski definition) is 2. The van der Waals surface area contributed by atoms with E-state index < -0.39 is 35.4 Å². The maximum atomic E-state index is 13.7. The molecular weight excluding hydrogens is 653 g/mol. The van der Waals surface area contributed by atoms with Crippen molar-refractivity contribution in [3.05, 3.63) is 129 Å². The van der Waals surface area contributed by atoms with E-state index in [2.05, 4.69) is 20.6 Å². The number of carbonyl (C=O) groups excluding carboxylic acids is 6. The molecule has 12 nitrogen and oxygen atoms in total. The summed E-state index contributed by atoms with van der Waals surface area (Å²) < 4.78 is 0. The van der Waals surface area contributed by atoms with E-state index in [4.69, 9.17) is 0 Å². The van der Waals surface area contributed by atoms with Crippen LogP contribution in [0.2, 0.25) is 0 Å². The number of aromatic nitrogens is 2. The summed E-state index contributed by atoms with van der Waals surface area (Å²) in [7, 11) is 0. The zero-order chi connectivity index (χ0) is 33.1. The lowest BCUT2D eigenvalue weighted by molar-refractivity contribution is 0.0910. The topological polar surface area (TPSA) is 159 Å². The molecule has 0 saturated heterocycles. The highest BCUT2D eigenvalue weighted by molar-refractivity contribution is 7.14. The number of nitrogens with one attached hydrogen (secondary N) is 2. The second-order valence-electron chi connectivity index (χ2n) is 10.6. The Morgan fingerprint density at radius 3 is 1.35 bits per heavy atom. The van der Waals surface area contributed by atoms with E-state index in [1.54, 1.807) is 59.6 Å². The molecule has 6 amide bonds. The molecular formula is C34H18N6O6S2.